The van der Waals surface area contributed by atoms with E-state index >= 15 is 0 Å². The molecule has 1 N–H and O–H groups in total. The third-order valence-electron chi connectivity index (χ3n) is 3.25. The van der Waals surface area contributed by atoms with Crippen LogP contribution in [0.3, 0.4) is 0 Å². The average Bonchev–Trinajstić information content (AvgIpc) is 2.80. The van der Waals surface area contributed by atoms with E-state index in [1.54, 1.807) is 12.1 Å². The van der Waals surface area contributed by atoms with E-state index in [4.69, 9.17) is 4.74 Å². The van der Waals surface area contributed by atoms with Gasteiger partial charge >= 0.3 is 5.97 Å². The minimum absolute atomic E-state index is 0.0802. The molecule has 1 fully saturated rings. The summed E-state index contributed by atoms with van der Waals surface area (Å²) in [5, 5.41) is 9.20. The molecule has 1 saturated heterocycles. The van der Waals surface area contributed by atoms with Gasteiger partial charge in [0, 0.05) is 0 Å². The Bertz CT molecular complexity index is 699. The fourth-order valence-electron chi connectivity index (χ4n) is 2.04. The molecule has 2 rings (SSSR count). The van der Waals surface area contributed by atoms with Crippen molar-refractivity contribution in [1.29, 1.82) is 0 Å². The summed E-state index contributed by atoms with van der Waals surface area (Å²) in [5.41, 5.74) is 0.527. The minimum atomic E-state index is -0.998. The summed E-state index contributed by atoms with van der Waals surface area (Å²) >= 11 is 0.727. The topological polar surface area (TPSA) is 93.1 Å². The summed E-state index contributed by atoms with van der Waals surface area (Å²) in [6.07, 6.45) is 1.47. The summed E-state index contributed by atoms with van der Waals surface area (Å²) < 4.78 is 9.49. The van der Waals surface area contributed by atoms with Crippen molar-refractivity contribution < 1.29 is 29.0 Å². The SMILES string of the molecule is COC(=O)[C@@H](C)N1C(=O)S/C(=C/c2ccc(OC)c(O)c2)C1=O. The van der Waals surface area contributed by atoms with E-state index in [1.807, 2.05) is 0 Å². The predicted molar refractivity (Wildman–Crippen MR) is 83.9 cm³/mol. The van der Waals surface area contributed by atoms with Crippen molar-refractivity contribution in [2.24, 2.45) is 0 Å². The number of phenols is 1. The second-order valence-electron chi connectivity index (χ2n) is 4.68. The molecule has 1 atom stereocenters. The van der Waals surface area contributed by atoms with Gasteiger partial charge in [0.1, 0.15) is 6.04 Å². The number of carbonyl (C=O) groups excluding carboxylic acids is 3. The first kappa shape index (κ1) is 16.9. The molecule has 0 saturated carbocycles. The largest absolute Gasteiger partial charge is 0.504 e. The van der Waals surface area contributed by atoms with Crippen LogP contribution in [0.15, 0.2) is 23.1 Å². The van der Waals surface area contributed by atoms with Crippen LogP contribution in [0, 0.1) is 0 Å². The van der Waals surface area contributed by atoms with Crippen LogP contribution in [0.5, 0.6) is 11.5 Å². The normalized spacial score (nSPS) is 17.5. The summed E-state index contributed by atoms with van der Waals surface area (Å²) in [7, 11) is 2.61. The van der Waals surface area contributed by atoms with Gasteiger partial charge in [0.25, 0.3) is 11.1 Å². The molecular formula is C15H15NO6S. The smallest absolute Gasteiger partial charge is 0.328 e. The quantitative estimate of drug-likeness (QED) is 0.663. The lowest BCUT2D eigenvalue weighted by Crippen LogP contribution is -2.42. The molecule has 2 amide bonds. The van der Waals surface area contributed by atoms with Gasteiger partial charge in [-0.25, -0.2) is 4.79 Å². The van der Waals surface area contributed by atoms with Crippen molar-refractivity contribution in [3.8, 4) is 11.5 Å². The van der Waals surface area contributed by atoms with Gasteiger partial charge in [0.2, 0.25) is 0 Å². The van der Waals surface area contributed by atoms with E-state index < -0.39 is 23.2 Å². The molecule has 0 unspecified atom stereocenters. The van der Waals surface area contributed by atoms with Crippen molar-refractivity contribution in [2.45, 2.75) is 13.0 Å². The van der Waals surface area contributed by atoms with Crippen LogP contribution < -0.4 is 4.74 Å². The van der Waals surface area contributed by atoms with Crippen LogP contribution >= 0.6 is 11.8 Å². The lowest BCUT2D eigenvalue weighted by molar-refractivity contribution is -0.148. The van der Waals surface area contributed by atoms with Gasteiger partial charge in [-0.3, -0.25) is 14.5 Å². The maximum atomic E-state index is 12.3. The maximum Gasteiger partial charge on any atom is 0.328 e. The van der Waals surface area contributed by atoms with Gasteiger partial charge < -0.3 is 14.6 Å². The molecule has 0 bridgehead atoms. The fourth-order valence-corrected chi connectivity index (χ4v) is 2.95. The Labute approximate surface area is 136 Å². The van der Waals surface area contributed by atoms with E-state index in [0.717, 1.165) is 16.7 Å². The number of benzene rings is 1. The van der Waals surface area contributed by atoms with Crippen LogP contribution in [0.4, 0.5) is 4.79 Å². The lowest BCUT2D eigenvalue weighted by atomic mass is 10.2. The predicted octanol–water partition coefficient (Wildman–Crippen LogP) is 2.00. The zero-order chi connectivity index (χ0) is 17.1. The van der Waals surface area contributed by atoms with E-state index in [0.29, 0.717) is 11.3 Å². The monoisotopic (exact) mass is 337 g/mol. The third-order valence-corrected chi connectivity index (χ3v) is 4.14. The Morgan fingerprint density at radius 3 is 2.61 bits per heavy atom. The second kappa shape index (κ2) is 6.74. The number of esters is 1. The lowest BCUT2D eigenvalue weighted by Gasteiger charge is -2.18. The maximum absolute atomic E-state index is 12.3. The van der Waals surface area contributed by atoms with Crippen LogP contribution in [-0.2, 0) is 14.3 Å². The van der Waals surface area contributed by atoms with Crippen LogP contribution in [0.25, 0.3) is 6.08 Å². The first-order valence-electron chi connectivity index (χ1n) is 6.61. The van der Waals surface area contributed by atoms with Crippen LogP contribution in [-0.4, -0.2) is 47.4 Å². The number of imide groups is 1. The number of nitrogens with zero attached hydrogens (tertiary/aromatic N) is 1. The summed E-state index contributed by atoms with van der Waals surface area (Å²) in [4.78, 5) is 36.8. The first-order valence-corrected chi connectivity index (χ1v) is 7.42. The highest BCUT2D eigenvalue weighted by molar-refractivity contribution is 8.18. The van der Waals surface area contributed by atoms with E-state index in [1.165, 1.54) is 33.3 Å². The highest BCUT2D eigenvalue weighted by Crippen LogP contribution is 2.35. The molecular weight excluding hydrogens is 322 g/mol. The van der Waals surface area contributed by atoms with Gasteiger partial charge in [-0.05, 0) is 42.5 Å². The number of rotatable bonds is 4. The zero-order valence-electron chi connectivity index (χ0n) is 12.7. The Kier molecular flexibility index (Phi) is 4.95. The molecule has 23 heavy (non-hydrogen) atoms. The van der Waals surface area contributed by atoms with Crippen molar-refractivity contribution >= 4 is 35.0 Å². The van der Waals surface area contributed by atoms with E-state index in [-0.39, 0.29) is 10.7 Å². The van der Waals surface area contributed by atoms with Crippen molar-refractivity contribution in [2.75, 3.05) is 14.2 Å². The number of hydrogen-bond donors (Lipinski definition) is 1. The number of phenolic OH excluding ortho intramolecular Hbond substituents is 1. The number of ether oxygens (including phenoxy) is 2. The Hall–Kier alpha value is -2.48. The fraction of sp³-hybridized carbons (Fsp3) is 0.267. The third kappa shape index (κ3) is 3.31. The van der Waals surface area contributed by atoms with Crippen LogP contribution in [0.2, 0.25) is 0 Å². The molecule has 0 aromatic heterocycles. The molecule has 8 heteroatoms. The molecule has 0 spiro atoms. The highest BCUT2D eigenvalue weighted by Gasteiger charge is 2.41. The van der Waals surface area contributed by atoms with Crippen molar-refractivity contribution in [3.63, 3.8) is 0 Å². The standard InChI is InChI=1S/C15H15NO6S/c1-8(14(19)22-3)16-13(18)12(23-15(16)20)7-9-4-5-11(21-2)10(17)6-9/h4-8,17H,1-3H3/b12-7+/t8-/m1/s1. The van der Waals surface area contributed by atoms with Gasteiger partial charge in [-0.1, -0.05) is 6.07 Å². The van der Waals surface area contributed by atoms with E-state index in [9.17, 15) is 19.5 Å². The summed E-state index contributed by atoms with van der Waals surface area (Å²) in [6, 6.07) is 3.60. The Balaban J connectivity index is 2.28. The second-order valence-corrected chi connectivity index (χ2v) is 5.68. The highest BCUT2D eigenvalue weighted by atomic mass is 32.2. The molecule has 7 nitrogen and oxygen atoms in total. The molecule has 1 aromatic rings. The van der Waals surface area contributed by atoms with Gasteiger partial charge in [0.15, 0.2) is 11.5 Å². The van der Waals surface area contributed by atoms with Gasteiger partial charge in [-0.15, -0.1) is 0 Å². The number of thioether (sulfide) groups is 1. The first-order chi connectivity index (χ1) is 10.9. The molecule has 1 heterocycles. The molecule has 122 valence electrons. The van der Waals surface area contributed by atoms with E-state index in [2.05, 4.69) is 4.74 Å². The Morgan fingerprint density at radius 1 is 1.35 bits per heavy atom. The van der Waals surface area contributed by atoms with Gasteiger partial charge in [-0.2, -0.15) is 0 Å². The van der Waals surface area contributed by atoms with Gasteiger partial charge in [0.05, 0.1) is 19.1 Å². The number of hydrogen-bond acceptors (Lipinski definition) is 7. The molecule has 1 aromatic carbocycles. The number of carbonyl (C=O) groups is 3. The molecule has 0 radical (unpaired) electrons. The van der Waals surface area contributed by atoms with Crippen LogP contribution in [0.1, 0.15) is 12.5 Å². The van der Waals surface area contributed by atoms with Crippen molar-refractivity contribution in [1.82, 2.24) is 4.90 Å². The molecule has 0 aliphatic carbocycles. The number of amides is 2. The summed E-state index contributed by atoms with van der Waals surface area (Å²) in [6.45, 7) is 1.42. The molecule has 1 aliphatic heterocycles. The van der Waals surface area contributed by atoms with Crippen molar-refractivity contribution in [3.05, 3.63) is 28.7 Å². The number of aromatic hydroxyl groups is 1. The number of methoxy groups -OCH3 is 2. The zero-order valence-corrected chi connectivity index (χ0v) is 13.5. The molecule has 1 aliphatic rings. The average molecular weight is 337 g/mol. The summed E-state index contributed by atoms with van der Waals surface area (Å²) in [5.74, 6) is -1.03. The Morgan fingerprint density at radius 2 is 2.04 bits per heavy atom. The minimum Gasteiger partial charge on any atom is -0.504 e.